The number of carbonyl (C=O) groups is 2. The third-order valence-electron chi connectivity index (χ3n) is 7.55. The lowest BCUT2D eigenvalue weighted by atomic mass is 9.84. The lowest BCUT2D eigenvalue weighted by molar-refractivity contribution is -0.135. The number of carbonyl (C=O) groups excluding carboxylic acids is 2. The van der Waals surface area contributed by atoms with Gasteiger partial charge in [0.15, 0.2) is 17.3 Å². The molecule has 7 rings (SSSR count). The quantitative estimate of drug-likeness (QED) is 0.203. The summed E-state index contributed by atoms with van der Waals surface area (Å²) in [5.41, 5.74) is 3.62. The molecule has 0 spiro atoms. The summed E-state index contributed by atoms with van der Waals surface area (Å²) in [6.45, 7) is 0.827. The van der Waals surface area contributed by atoms with Gasteiger partial charge in [-0.2, -0.15) is 0 Å². The molecule has 3 aliphatic heterocycles. The van der Waals surface area contributed by atoms with Crippen LogP contribution >= 0.6 is 0 Å². The van der Waals surface area contributed by atoms with Crippen molar-refractivity contribution in [1.82, 2.24) is 4.57 Å². The Hall–Kier alpha value is -4.92. The number of hydrogen-bond donors (Lipinski definition) is 0. The fourth-order valence-corrected chi connectivity index (χ4v) is 5.67. The lowest BCUT2D eigenvalue weighted by Crippen LogP contribution is -2.22. The first-order chi connectivity index (χ1) is 19.4. The molecule has 0 amide bonds. The highest BCUT2D eigenvalue weighted by molar-refractivity contribution is 6.15. The lowest BCUT2D eigenvalue weighted by Gasteiger charge is -2.28. The van der Waals surface area contributed by atoms with E-state index in [4.69, 9.17) is 28.4 Å². The number of nitrogens with zero attached hydrogens (tertiary/aromatic N) is 1. The zero-order valence-electron chi connectivity index (χ0n) is 22.1. The molecule has 1 atom stereocenters. The number of ketones is 1. The zero-order chi connectivity index (χ0) is 27.5. The molecule has 0 saturated heterocycles. The third kappa shape index (κ3) is 3.69. The average molecular weight is 540 g/mol. The Morgan fingerprint density at radius 3 is 2.60 bits per heavy atom. The standard InChI is InChI=1S/C31H25NO8/c1-32-15-17(20-13-18(35-2)4-6-22(20)32)12-24-29(34)19-5-7-23-28(30(19)40-24)21(14-27(33)39-23)16-10-25(36-3)31-26(11-16)37-8-9-38-31/h4-7,10-13,15,21H,8-9,14H2,1-3H3/b24-12-/t21-/m0/s1. The molecule has 3 aromatic carbocycles. The molecular formula is C31H25NO8. The van der Waals surface area contributed by atoms with E-state index in [-0.39, 0.29) is 23.9 Å². The number of benzene rings is 3. The molecule has 0 fully saturated rings. The van der Waals surface area contributed by atoms with Gasteiger partial charge in [-0.25, -0.2) is 0 Å². The number of methoxy groups -OCH3 is 2. The van der Waals surface area contributed by atoms with Gasteiger partial charge in [-0.15, -0.1) is 0 Å². The predicted molar refractivity (Wildman–Crippen MR) is 145 cm³/mol. The highest BCUT2D eigenvalue weighted by Gasteiger charge is 2.39. The van der Waals surface area contributed by atoms with Crippen LogP contribution < -0.4 is 28.4 Å². The summed E-state index contributed by atoms with van der Waals surface area (Å²) in [6.07, 6.45) is 3.75. The maximum atomic E-state index is 13.6. The minimum absolute atomic E-state index is 0.0615. The summed E-state index contributed by atoms with van der Waals surface area (Å²) in [4.78, 5) is 26.2. The van der Waals surface area contributed by atoms with Gasteiger partial charge in [0.2, 0.25) is 11.5 Å². The number of ether oxygens (including phenoxy) is 6. The SMILES string of the molecule is COc1ccc2c(c1)c(/C=C1\Oc3c(ccc4c3[C@H](c3cc(OC)c5c(c3)OCCO5)CC(=O)O4)C1=O)cn2C. The van der Waals surface area contributed by atoms with Crippen molar-refractivity contribution in [2.24, 2.45) is 7.05 Å². The molecule has 4 heterocycles. The van der Waals surface area contributed by atoms with E-state index in [2.05, 4.69) is 0 Å². The summed E-state index contributed by atoms with van der Waals surface area (Å²) >= 11 is 0. The van der Waals surface area contributed by atoms with E-state index >= 15 is 0 Å². The van der Waals surface area contributed by atoms with Gasteiger partial charge in [0.25, 0.3) is 0 Å². The first-order valence-electron chi connectivity index (χ1n) is 12.9. The molecule has 0 aliphatic carbocycles. The van der Waals surface area contributed by atoms with Crippen LogP contribution in [0.25, 0.3) is 17.0 Å². The molecule has 0 bridgehead atoms. The van der Waals surface area contributed by atoms with Crippen LogP contribution in [-0.4, -0.2) is 43.8 Å². The third-order valence-corrected chi connectivity index (χ3v) is 7.55. The Kier molecular flexibility index (Phi) is 5.48. The van der Waals surface area contributed by atoms with Crippen LogP contribution in [0, 0.1) is 0 Å². The van der Waals surface area contributed by atoms with Crippen LogP contribution in [-0.2, 0) is 11.8 Å². The topological polar surface area (TPSA) is 94.5 Å². The average Bonchev–Trinajstić information content (AvgIpc) is 3.46. The number of allylic oxidation sites excluding steroid dienone is 1. The Labute approximate surface area is 229 Å². The van der Waals surface area contributed by atoms with E-state index in [0.29, 0.717) is 58.8 Å². The number of fused-ring (bicyclic) bond motifs is 5. The molecule has 9 nitrogen and oxygen atoms in total. The number of aromatic nitrogens is 1. The van der Waals surface area contributed by atoms with E-state index in [9.17, 15) is 9.59 Å². The van der Waals surface area contributed by atoms with Crippen LogP contribution in [0.4, 0.5) is 0 Å². The van der Waals surface area contributed by atoms with Gasteiger partial charge in [-0.1, -0.05) is 0 Å². The summed E-state index contributed by atoms with van der Waals surface area (Å²) in [6, 6.07) is 12.8. The highest BCUT2D eigenvalue weighted by atomic mass is 16.6. The Morgan fingerprint density at radius 2 is 1.77 bits per heavy atom. The van der Waals surface area contributed by atoms with Crippen LogP contribution in [0.15, 0.2) is 54.4 Å². The van der Waals surface area contributed by atoms with Crippen molar-refractivity contribution in [1.29, 1.82) is 0 Å². The number of hydrogen-bond acceptors (Lipinski definition) is 8. The molecule has 40 heavy (non-hydrogen) atoms. The van der Waals surface area contributed by atoms with Crippen molar-refractivity contribution in [3.63, 3.8) is 0 Å². The van der Waals surface area contributed by atoms with Crippen molar-refractivity contribution in [2.75, 3.05) is 27.4 Å². The van der Waals surface area contributed by atoms with Crippen LogP contribution in [0.2, 0.25) is 0 Å². The minimum atomic E-state index is -0.454. The van der Waals surface area contributed by atoms with E-state index < -0.39 is 5.92 Å². The first kappa shape index (κ1) is 24.1. The normalized spacial score (nSPS) is 18.3. The van der Waals surface area contributed by atoms with E-state index in [1.165, 1.54) is 0 Å². The zero-order valence-corrected chi connectivity index (χ0v) is 22.1. The maximum absolute atomic E-state index is 13.6. The second-order valence-electron chi connectivity index (χ2n) is 9.85. The fourth-order valence-electron chi connectivity index (χ4n) is 5.67. The molecule has 0 radical (unpaired) electrons. The van der Waals surface area contributed by atoms with E-state index in [1.807, 2.05) is 48.1 Å². The molecule has 3 aliphatic rings. The second-order valence-corrected chi connectivity index (χ2v) is 9.85. The number of esters is 1. The largest absolute Gasteiger partial charge is 0.497 e. The van der Waals surface area contributed by atoms with Gasteiger partial charge in [0.05, 0.1) is 26.2 Å². The van der Waals surface area contributed by atoms with Crippen LogP contribution in [0.5, 0.6) is 34.5 Å². The van der Waals surface area contributed by atoms with Crippen molar-refractivity contribution in [2.45, 2.75) is 12.3 Å². The molecule has 0 unspecified atom stereocenters. The second kappa shape index (κ2) is 9.08. The molecule has 1 aromatic heterocycles. The molecule has 9 heteroatoms. The van der Waals surface area contributed by atoms with Crippen LogP contribution in [0.1, 0.15) is 39.4 Å². The molecule has 0 saturated carbocycles. The van der Waals surface area contributed by atoms with Gasteiger partial charge in [-0.05, 0) is 54.1 Å². The Bertz CT molecular complexity index is 1750. The molecule has 0 N–H and O–H groups in total. The number of Topliss-reactive ketones (excluding diaryl/α,β-unsaturated/α-hetero) is 1. The maximum Gasteiger partial charge on any atom is 0.312 e. The first-order valence-corrected chi connectivity index (χ1v) is 12.9. The fraction of sp³-hybridized carbons (Fsp3) is 0.226. The Morgan fingerprint density at radius 1 is 0.925 bits per heavy atom. The van der Waals surface area contributed by atoms with E-state index in [1.54, 1.807) is 32.4 Å². The highest BCUT2D eigenvalue weighted by Crippen LogP contribution is 2.51. The summed E-state index contributed by atoms with van der Waals surface area (Å²) in [5, 5.41) is 0.930. The van der Waals surface area contributed by atoms with Crippen LogP contribution in [0.3, 0.4) is 0 Å². The summed E-state index contributed by atoms with van der Waals surface area (Å²) in [7, 11) is 5.12. The predicted octanol–water partition coefficient (Wildman–Crippen LogP) is 5.02. The van der Waals surface area contributed by atoms with Gasteiger partial charge in [0.1, 0.15) is 30.5 Å². The summed E-state index contributed by atoms with van der Waals surface area (Å²) in [5.74, 6) is 2.15. The Balaban J connectivity index is 1.34. The van der Waals surface area contributed by atoms with Gasteiger partial charge in [-0.3, -0.25) is 9.59 Å². The molecule has 4 aromatic rings. The summed E-state index contributed by atoms with van der Waals surface area (Å²) < 4.78 is 36.4. The van der Waals surface area contributed by atoms with Gasteiger partial charge < -0.3 is 33.0 Å². The molecular weight excluding hydrogens is 514 g/mol. The van der Waals surface area contributed by atoms with Crippen molar-refractivity contribution < 1.29 is 38.0 Å². The van der Waals surface area contributed by atoms with Gasteiger partial charge >= 0.3 is 5.97 Å². The smallest absolute Gasteiger partial charge is 0.312 e. The molecule has 202 valence electrons. The number of aryl methyl sites for hydroxylation is 1. The van der Waals surface area contributed by atoms with Crippen molar-refractivity contribution in [3.8, 4) is 34.5 Å². The van der Waals surface area contributed by atoms with Crippen molar-refractivity contribution in [3.05, 3.63) is 76.7 Å². The minimum Gasteiger partial charge on any atom is -0.497 e. The van der Waals surface area contributed by atoms with Gasteiger partial charge in [0, 0.05) is 41.2 Å². The number of rotatable bonds is 4. The monoisotopic (exact) mass is 539 g/mol. The van der Waals surface area contributed by atoms with E-state index in [0.717, 1.165) is 22.0 Å². The van der Waals surface area contributed by atoms with Crippen molar-refractivity contribution >= 4 is 28.7 Å².